The number of benzene rings is 1. The van der Waals surface area contributed by atoms with E-state index in [0.717, 1.165) is 16.3 Å². The Bertz CT molecular complexity index is 912. The maximum atomic E-state index is 12.6. The van der Waals surface area contributed by atoms with Crippen LogP contribution in [0.4, 0.5) is 0 Å². The molecule has 0 bridgehead atoms. The van der Waals surface area contributed by atoms with Crippen molar-refractivity contribution in [3.8, 4) is 0 Å². The second kappa shape index (κ2) is 7.69. The van der Waals surface area contributed by atoms with E-state index in [1.165, 1.54) is 21.1 Å². The summed E-state index contributed by atoms with van der Waals surface area (Å²) in [5.74, 6) is -0.0648. The standard InChI is InChI=1S/C18H21N3O3S2/c1-14-17(25-15(2)19-14)18(22)20-9-11-21(12-10-20)26(23,24)13-8-16-6-4-3-5-7-16/h3-8,13H,9-12H2,1-2H3/b13-8+. The first kappa shape index (κ1) is 18.8. The topological polar surface area (TPSA) is 70.6 Å². The van der Waals surface area contributed by atoms with Crippen LogP contribution >= 0.6 is 11.3 Å². The zero-order valence-electron chi connectivity index (χ0n) is 14.8. The largest absolute Gasteiger partial charge is 0.335 e. The number of piperazine rings is 1. The summed E-state index contributed by atoms with van der Waals surface area (Å²) < 4.78 is 26.4. The third-order valence-electron chi connectivity index (χ3n) is 4.22. The van der Waals surface area contributed by atoms with Gasteiger partial charge in [-0.3, -0.25) is 4.79 Å². The molecule has 3 rings (SSSR count). The number of aryl methyl sites for hydroxylation is 2. The summed E-state index contributed by atoms with van der Waals surface area (Å²) in [6.07, 6.45) is 1.59. The van der Waals surface area contributed by atoms with Crippen molar-refractivity contribution in [1.82, 2.24) is 14.2 Å². The van der Waals surface area contributed by atoms with Crippen LogP contribution in [0.1, 0.15) is 25.9 Å². The van der Waals surface area contributed by atoms with Crippen LogP contribution in [-0.4, -0.2) is 54.7 Å². The molecule has 0 radical (unpaired) electrons. The molecular formula is C18H21N3O3S2. The predicted octanol–water partition coefficient (Wildman–Crippen LogP) is 2.52. The number of thiazole rings is 1. The van der Waals surface area contributed by atoms with Crippen molar-refractivity contribution in [2.75, 3.05) is 26.2 Å². The second-order valence-electron chi connectivity index (χ2n) is 6.10. The number of carbonyl (C=O) groups is 1. The number of carbonyl (C=O) groups excluding carboxylic acids is 1. The van der Waals surface area contributed by atoms with Crippen LogP contribution in [0.25, 0.3) is 6.08 Å². The van der Waals surface area contributed by atoms with Crippen LogP contribution in [-0.2, 0) is 10.0 Å². The molecule has 1 aromatic carbocycles. The monoisotopic (exact) mass is 391 g/mol. The first-order valence-electron chi connectivity index (χ1n) is 8.33. The smallest absolute Gasteiger partial charge is 0.265 e. The lowest BCUT2D eigenvalue weighted by molar-refractivity contribution is 0.0702. The van der Waals surface area contributed by atoms with Crippen LogP contribution in [0, 0.1) is 13.8 Å². The molecule has 1 fully saturated rings. The average Bonchev–Trinajstić information content (AvgIpc) is 2.98. The van der Waals surface area contributed by atoms with Gasteiger partial charge in [-0.25, -0.2) is 13.4 Å². The van der Waals surface area contributed by atoms with E-state index in [9.17, 15) is 13.2 Å². The molecule has 138 valence electrons. The molecule has 1 aliphatic heterocycles. The molecule has 2 aromatic rings. The zero-order chi connectivity index (χ0) is 18.7. The Morgan fingerprint density at radius 2 is 1.77 bits per heavy atom. The lowest BCUT2D eigenvalue weighted by Gasteiger charge is -2.33. The highest BCUT2D eigenvalue weighted by molar-refractivity contribution is 7.92. The van der Waals surface area contributed by atoms with Crippen LogP contribution in [0.5, 0.6) is 0 Å². The first-order valence-corrected chi connectivity index (χ1v) is 10.7. The first-order chi connectivity index (χ1) is 12.4. The van der Waals surface area contributed by atoms with Crippen LogP contribution in [0.3, 0.4) is 0 Å². The predicted molar refractivity (Wildman–Crippen MR) is 103 cm³/mol. The summed E-state index contributed by atoms with van der Waals surface area (Å²) in [6, 6.07) is 9.30. The van der Waals surface area contributed by atoms with Crippen molar-refractivity contribution in [2.45, 2.75) is 13.8 Å². The highest BCUT2D eigenvalue weighted by Crippen LogP contribution is 2.21. The molecule has 0 unspecified atom stereocenters. The molecule has 6 nitrogen and oxygen atoms in total. The Balaban J connectivity index is 1.63. The number of amides is 1. The zero-order valence-corrected chi connectivity index (χ0v) is 16.4. The minimum Gasteiger partial charge on any atom is -0.335 e. The highest BCUT2D eigenvalue weighted by atomic mass is 32.2. The lowest BCUT2D eigenvalue weighted by atomic mass is 10.2. The molecule has 26 heavy (non-hydrogen) atoms. The molecular weight excluding hydrogens is 370 g/mol. The number of aromatic nitrogens is 1. The fourth-order valence-electron chi connectivity index (χ4n) is 2.83. The van der Waals surface area contributed by atoms with E-state index in [0.29, 0.717) is 31.1 Å². The van der Waals surface area contributed by atoms with Gasteiger partial charge in [-0.15, -0.1) is 11.3 Å². The molecule has 0 saturated carbocycles. The van der Waals surface area contributed by atoms with E-state index in [-0.39, 0.29) is 5.91 Å². The van der Waals surface area contributed by atoms with Gasteiger partial charge in [0, 0.05) is 31.6 Å². The SMILES string of the molecule is Cc1nc(C)c(C(=O)N2CCN(S(=O)(=O)/C=C/c3ccccc3)CC2)s1. The van der Waals surface area contributed by atoms with Gasteiger partial charge >= 0.3 is 0 Å². The molecule has 0 aliphatic carbocycles. The number of hydrogen-bond donors (Lipinski definition) is 0. The van der Waals surface area contributed by atoms with Gasteiger partial charge in [0.15, 0.2) is 0 Å². The normalized spacial score (nSPS) is 16.3. The maximum absolute atomic E-state index is 12.6. The van der Waals surface area contributed by atoms with E-state index in [1.807, 2.05) is 44.2 Å². The van der Waals surface area contributed by atoms with Gasteiger partial charge in [-0.1, -0.05) is 30.3 Å². The highest BCUT2D eigenvalue weighted by Gasteiger charge is 2.29. The van der Waals surface area contributed by atoms with E-state index in [4.69, 9.17) is 0 Å². The van der Waals surface area contributed by atoms with Crippen molar-refractivity contribution in [3.05, 3.63) is 56.9 Å². The summed E-state index contributed by atoms with van der Waals surface area (Å²) in [5.41, 5.74) is 1.57. The molecule has 0 spiro atoms. The summed E-state index contributed by atoms with van der Waals surface area (Å²) >= 11 is 1.38. The quantitative estimate of drug-likeness (QED) is 0.803. The number of rotatable bonds is 4. The molecule has 8 heteroatoms. The van der Waals surface area contributed by atoms with Crippen molar-refractivity contribution in [2.24, 2.45) is 0 Å². The van der Waals surface area contributed by atoms with Gasteiger partial charge in [0.05, 0.1) is 10.7 Å². The molecule has 1 saturated heterocycles. The van der Waals surface area contributed by atoms with Gasteiger partial charge in [0.1, 0.15) is 4.88 Å². The number of hydrogen-bond acceptors (Lipinski definition) is 5. The van der Waals surface area contributed by atoms with Gasteiger partial charge in [-0.2, -0.15) is 4.31 Å². The van der Waals surface area contributed by atoms with Crippen molar-refractivity contribution in [3.63, 3.8) is 0 Å². The van der Waals surface area contributed by atoms with Crippen LogP contribution in [0.2, 0.25) is 0 Å². The van der Waals surface area contributed by atoms with Gasteiger partial charge in [-0.05, 0) is 25.5 Å². The minimum atomic E-state index is -3.49. The van der Waals surface area contributed by atoms with Gasteiger partial charge < -0.3 is 4.90 Å². The molecule has 2 heterocycles. The van der Waals surface area contributed by atoms with E-state index in [2.05, 4.69) is 4.98 Å². The molecule has 0 N–H and O–H groups in total. The molecule has 1 aliphatic rings. The molecule has 1 amide bonds. The lowest BCUT2D eigenvalue weighted by Crippen LogP contribution is -2.50. The number of sulfonamides is 1. The fourth-order valence-corrected chi connectivity index (χ4v) is 4.90. The van der Waals surface area contributed by atoms with E-state index >= 15 is 0 Å². The summed E-state index contributed by atoms with van der Waals surface area (Å²) in [7, 11) is -3.49. The van der Waals surface area contributed by atoms with E-state index in [1.54, 1.807) is 11.0 Å². The summed E-state index contributed by atoms with van der Waals surface area (Å²) in [4.78, 5) is 19.2. The second-order valence-corrected chi connectivity index (χ2v) is 9.12. The molecule has 1 aromatic heterocycles. The average molecular weight is 392 g/mol. The summed E-state index contributed by atoms with van der Waals surface area (Å²) in [6.45, 7) is 5.05. The Morgan fingerprint density at radius 1 is 1.12 bits per heavy atom. The van der Waals surface area contributed by atoms with Crippen molar-refractivity contribution < 1.29 is 13.2 Å². The number of nitrogens with zero attached hydrogens (tertiary/aromatic N) is 3. The Kier molecular flexibility index (Phi) is 5.55. The molecule has 0 atom stereocenters. The fraction of sp³-hybridized carbons (Fsp3) is 0.333. The third kappa shape index (κ3) is 4.20. The minimum absolute atomic E-state index is 0.0648. The van der Waals surface area contributed by atoms with Crippen molar-refractivity contribution in [1.29, 1.82) is 0 Å². The maximum Gasteiger partial charge on any atom is 0.265 e. The summed E-state index contributed by atoms with van der Waals surface area (Å²) in [5, 5.41) is 2.09. The van der Waals surface area contributed by atoms with Crippen molar-refractivity contribution >= 4 is 33.3 Å². The third-order valence-corrected chi connectivity index (χ3v) is 6.84. The van der Waals surface area contributed by atoms with Gasteiger partial charge in [0.25, 0.3) is 5.91 Å². The Hall–Kier alpha value is -2.03. The van der Waals surface area contributed by atoms with Crippen LogP contribution < -0.4 is 0 Å². The Labute approximate surface area is 157 Å². The Morgan fingerprint density at radius 3 is 2.35 bits per heavy atom. The van der Waals surface area contributed by atoms with Crippen LogP contribution in [0.15, 0.2) is 35.7 Å². The van der Waals surface area contributed by atoms with E-state index < -0.39 is 10.0 Å². The van der Waals surface area contributed by atoms with Gasteiger partial charge in [0.2, 0.25) is 10.0 Å².